The number of aliphatic hydroxyl groups excluding tert-OH is 1. The van der Waals surface area contributed by atoms with Crippen LogP contribution >= 0.6 is 0 Å². The van der Waals surface area contributed by atoms with Gasteiger partial charge in [-0.05, 0) is 129 Å². The minimum Gasteiger partial charge on any atom is -0.508 e. The monoisotopic (exact) mass is 642 g/mol. The van der Waals surface area contributed by atoms with Crippen LogP contribution < -0.4 is 0 Å². The highest BCUT2D eigenvalue weighted by molar-refractivity contribution is 6.01. The molecule has 0 amide bonds. The molecule has 0 aromatic heterocycles. The second-order valence-electron chi connectivity index (χ2n) is 18.8. The molecule has 5 bridgehead atoms. The van der Waals surface area contributed by atoms with Gasteiger partial charge in [0.15, 0.2) is 5.78 Å². The molecule has 1 aliphatic heterocycles. The first kappa shape index (κ1) is 32.2. The van der Waals surface area contributed by atoms with E-state index in [4.69, 9.17) is 4.74 Å². The van der Waals surface area contributed by atoms with E-state index in [0.717, 1.165) is 62.5 Å². The van der Waals surface area contributed by atoms with E-state index in [0.29, 0.717) is 42.2 Å². The number of phenols is 1. The number of ketones is 2. The first-order chi connectivity index (χ1) is 22.1. The van der Waals surface area contributed by atoms with E-state index < -0.39 is 16.9 Å². The summed E-state index contributed by atoms with van der Waals surface area (Å²) in [6, 6.07) is 7.56. The SMILES string of the molecule is CC(CC(O)C1OC1(C)C1CCCC1)C1=C2CCC3C4(C)CC5(c6cccc(O)c6)CCCC2(CC1=O)C3(C)CCC4C(C)(C)C5=O. The van der Waals surface area contributed by atoms with Crippen LogP contribution in [0.25, 0.3) is 0 Å². The maximum Gasteiger partial charge on any atom is 0.160 e. The van der Waals surface area contributed by atoms with Crippen molar-refractivity contribution in [1.82, 2.24) is 0 Å². The molecular weight excluding hydrogens is 584 g/mol. The van der Waals surface area contributed by atoms with Crippen molar-refractivity contribution in [2.75, 3.05) is 0 Å². The van der Waals surface area contributed by atoms with Crippen LogP contribution in [0, 0.1) is 45.3 Å². The molecule has 0 radical (unpaired) electrons. The van der Waals surface area contributed by atoms with Gasteiger partial charge in [0, 0.05) is 17.3 Å². The topological polar surface area (TPSA) is 87.1 Å². The van der Waals surface area contributed by atoms with Gasteiger partial charge in [-0.2, -0.15) is 0 Å². The predicted molar refractivity (Wildman–Crippen MR) is 183 cm³/mol. The van der Waals surface area contributed by atoms with Gasteiger partial charge in [0.25, 0.3) is 0 Å². The number of rotatable bonds is 6. The Morgan fingerprint density at radius 3 is 2.40 bits per heavy atom. The molecule has 1 saturated heterocycles. The standard InChI is InChI=1S/C42H58O5/c1-25(21-30(44)35-40(6,47-35)26-11-7-8-12-26)34-29-15-16-33-38(4)24-41(27-13-9-14-28(43)22-27)18-10-19-42(29,23-31(34)45)39(33,5)20-17-32(38)37(2,3)36(41)46/h9,13-14,22,25-26,30,32-33,35,43-44H,7-8,10-12,15-21,23-24H2,1-6H3. The Hall–Kier alpha value is -1.98. The Balaban J connectivity index is 1.18. The number of carbonyl (C=O) groups is 2. The molecule has 5 nitrogen and oxygen atoms in total. The molecule has 10 unspecified atom stereocenters. The van der Waals surface area contributed by atoms with Crippen LogP contribution in [0.5, 0.6) is 5.75 Å². The Morgan fingerprint density at radius 1 is 0.936 bits per heavy atom. The second-order valence-corrected chi connectivity index (χ2v) is 18.8. The maximum absolute atomic E-state index is 14.9. The maximum atomic E-state index is 14.9. The Morgan fingerprint density at radius 2 is 1.68 bits per heavy atom. The number of ether oxygens (including phenoxy) is 1. The van der Waals surface area contributed by atoms with Crippen molar-refractivity contribution >= 4 is 11.6 Å². The van der Waals surface area contributed by atoms with E-state index >= 15 is 0 Å². The zero-order valence-electron chi connectivity index (χ0n) is 29.8. The lowest BCUT2D eigenvalue weighted by Crippen LogP contribution is -2.66. The number of Topliss-reactive ketones (excluding diaryl/α,β-unsaturated/α-hetero) is 2. The molecule has 6 fully saturated rings. The van der Waals surface area contributed by atoms with Crippen LogP contribution in [0.1, 0.15) is 137 Å². The van der Waals surface area contributed by atoms with Crippen LogP contribution in [0.2, 0.25) is 0 Å². The highest BCUT2D eigenvalue weighted by atomic mass is 16.6. The summed E-state index contributed by atoms with van der Waals surface area (Å²) < 4.78 is 6.25. The van der Waals surface area contributed by atoms with Gasteiger partial charge in [0.1, 0.15) is 17.6 Å². The third-order valence-electron chi connectivity index (χ3n) is 16.4. The summed E-state index contributed by atoms with van der Waals surface area (Å²) >= 11 is 0. The zero-order valence-corrected chi connectivity index (χ0v) is 29.8. The molecular formula is C42H58O5. The summed E-state index contributed by atoms with van der Waals surface area (Å²) in [5.41, 5.74) is 1.84. The van der Waals surface area contributed by atoms with Crippen molar-refractivity contribution in [2.45, 2.75) is 155 Å². The number of allylic oxidation sites excluding steroid dienone is 2. The van der Waals surface area contributed by atoms with Crippen LogP contribution in [0.3, 0.4) is 0 Å². The van der Waals surface area contributed by atoms with Crippen molar-refractivity contribution in [3.05, 3.63) is 41.0 Å². The third kappa shape index (κ3) is 4.14. The van der Waals surface area contributed by atoms with Crippen molar-refractivity contribution in [2.24, 2.45) is 45.3 Å². The van der Waals surface area contributed by atoms with Gasteiger partial charge in [-0.15, -0.1) is 0 Å². The lowest BCUT2D eigenvalue weighted by atomic mass is 9.34. The Bertz CT molecular complexity index is 1530. The Kier molecular flexibility index (Phi) is 7.05. The average molecular weight is 643 g/mol. The zero-order chi connectivity index (χ0) is 33.4. The normalized spacial score (nSPS) is 45.3. The fourth-order valence-electron chi connectivity index (χ4n) is 14.5. The van der Waals surface area contributed by atoms with E-state index in [1.54, 1.807) is 6.07 Å². The number of fused-ring (bicyclic) bond motifs is 1. The number of hydrogen-bond acceptors (Lipinski definition) is 5. The number of aliphatic hydroxyl groups is 1. The summed E-state index contributed by atoms with van der Waals surface area (Å²) in [4.78, 5) is 29.3. The van der Waals surface area contributed by atoms with Crippen molar-refractivity contribution < 1.29 is 24.5 Å². The summed E-state index contributed by atoms with van der Waals surface area (Å²) in [6.45, 7) is 13.8. The molecule has 5 heteroatoms. The van der Waals surface area contributed by atoms with Gasteiger partial charge in [0.2, 0.25) is 0 Å². The molecule has 1 spiro atoms. The Labute approximate surface area is 282 Å². The highest BCUT2D eigenvalue weighted by Crippen LogP contribution is 2.77. The summed E-state index contributed by atoms with van der Waals surface area (Å²) in [5.74, 6) is 2.15. The number of phenolic OH excluding ortho intramolecular Hbond substituents is 1. The first-order valence-corrected chi connectivity index (χ1v) is 19.1. The van der Waals surface area contributed by atoms with Gasteiger partial charge in [-0.3, -0.25) is 9.59 Å². The quantitative estimate of drug-likeness (QED) is 0.304. The van der Waals surface area contributed by atoms with Crippen LogP contribution in [-0.2, 0) is 19.7 Å². The fourth-order valence-corrected chi connectivity index (χ4v) is 14.5. The molecule has 1 heterocycles. The van der Waals surface area contributed by atoms with Crippen LogP contribution in [0.15, 0.2) is 35.4 Å². The van der Waals surface area contributed by atoms with E-state index in [1.807, 2.05) is 12.1 Å². The smallest absolute Gasteiger partial charge is 0.160 e. The highest BCUT2D eigenvalue weighted by Gasteiger charge is 2.73. The number of aromatic hydroxyl groups is 1. The van der Waals surface area contributed by atoms with E-state index in [2.05, 4.69) is 47.6 Å². The molecule has 8 rings (SSSR count). The molecule has 47 heavy (non-hydrogen) atoms. The largest absolute Gasteiger partial charge is 0.508 e. The second kappa shape index (κ2) is 10.3. The minimum atomic E-state index is -0.636. The van der Waals surface area contributed by atoms with E-state index in [-0.39, 0.29) is 39.6 Å². The van der Waals surface area contributed by atoms with Crippen molar-refractivity contribution in [3.8, 4) is 5.75 Å². The molecule has 6 aliphatic carbocycles. The van der Waals surface area contributed by atoms with E-state index in [9.17, 15) is 19.8 Å². The lowest BCUT2D eigenvalue weighted by molar-refractivity contribution is -0.191. The number of hydrogen-bond donors (Lipinski definition) is 2. The van der Waals surface area contributed by atoms with Gasteiger partial charge in [0.05, 0.1) is 17.1 Å². The molecule has 5 saturated carbocycles. The number of epoxide rings is 1. The summed E-state index contributed by atoms with van der Waals surface area (Å²) in [5, 5.41) is 22.1. The van der Waals surface area contributed by atoms with Gasteiger partial charge in [-0.25, -0.2) is 0 Å². The average Bonchev–Trinajstić information content (AvgIpc) is 3.31. The van der Waals surface area contributed by atoms with Crippen LogP contribution in [-0.4, -0.2) is 39.6 Å². The molecule has 1 aromatic carbocycles. The lowest BCUT2D eigenvalue weighted by Gasteiger charge is -2.69. The van der Waals surface area contributed by atoms with Gasteiger partial charge < -0.3 is 14.9 Å². The van der Waals surface area contributed by atoms with Gasteiger partial charge >= 0.3 is 0 Å². The summed E-state index contributed by atoms with van der Waals surface area (Å²) in [6.07, 6.45) is 12.9. The fraction of sp³-hybridized carbons (Fsp3) is 0.762. The minimum absolute atomic E-state index is 0.00184. The molecule has 7 aliphatic rings. The first-order valence-electron chi connectivity index (χ1n) is 19.1. The number of benzene rings is 1. The molecule has 2 N–H and O–H groups in total. The van der Waals surface area contributed by atoms with Crippen LogP contribution in [0.4, 0.5) is 0 Å². The third-order valence-corrected chi connectivity index (χ3v) is 16.4. The summed E-state index contributed by atoms with van der Waals surface area (Å²) in [7, 11) is 0. The van der Waals surface area contributed by atoms with Crippen molar-refractivity contribution in [3.63, 3.8) is 0 Å². The van der Waals surface area contributed by atoms with Crippen molar-refractivity contribution in [1.29, 1.82) is 0 Å². The predicted octanol–water partition coefficient (Wildman–Crippen LogP) is 8.64. The number of carbonyl (C=O) groups excluding carboxylic acids is 2. The van der Waals surface area contributed by atoms with Gasteiger partial charge in [-0.1, -0.05) is 71.6 Å². The molecule has 10 atom stereocenters. The molecule has 1 aromatic rings. The molecule has 256 valence electrons. The van der Waals surface area contributed by atoms with E-state index in [1.165, 1.54) is 31.3 Å².